The molecule has 0 bridgehead atoms. The predicted molar refractivity (Wildman–Crippen MR) is 126 cm³/mol. The lowest BCUT2D eigenvalue weighted by atomic mass is 9.84. The van der Waals surface area contributed by atoms with E-state index >= 15 is 0 Å². The van der Waals surface area contributed by atoms with E-state index in [1.165, 1.54) is 17.3 Å². The van der Waals surface area contributed by atoms with Crippen LogP contribution in [0.1, 0.15) is 24.1 Å². The Morgan fingerprint density at radius 1 is 0.969 bits per heavy atom. The Hall–Kier alpha value is -3.41. The maximum atomic E-state index is 14.6. The van der Waals surface area contributed by atoms with Crippen LogP contribution in [-0.2, 0) is 6.42 Å². The maximum Gasteiger partial charge on any atom is 0.155 e. The highest BCUT2D eigenvalue weighted by atomic mass is 19.1. The molecule has 2 aliphatic rings. The molecule has 32 heavy (non-hydrogen) atoms. The van der Waals surface area contributed by atoms with Gasteiger partial charge in [0, 0.05) is 36.9 Å². The standard InChI is InChI=1S/C26H26FN5/c1-18-24(20-8-4-5-9-21(20)27)32-23(11-14-28-32)25(29-18)31-15-12-26(13-16-31)17-19-7-3-6-10-22(19)30(26)2/h3-11,14H,12-13,15-17H2,1-2H3. The number of halogens is 1. The predicted octanol–water partition coefficient (Wildman–Crippen LogP) is 4.88. The summed E-state index contributed by atoms with van der Waals surface area (Å²) in [5.41, 5.74) is 5.94. The van der Waals surface area contributed by atoms with Crippen LogP contribution in [0.4, 0.5) is 15.9 Å². The molecule has 5 nitrogen and oxygen atoms in total. The van der Waals surface area contributed by atoms with Crippen molar-refractivity contribution < 1.29 is 4.39 Å². The van der Waals surface area contributed by atoms with Gasteiger partial charge in [-0.15, -0.1) is 0 Å². The van der Waals surface area contributed by atoms with E-state index in [4.69, 9.17) is 4.98 Å². The van der Waals surface area contributed by atoms with Crippen LogP contribution in [0.15, 0.2) is 60.8 Å². The van der Waals surface area contributed by atoms with Crippen LogP contribution in [0, 0.1) is 12.7 Å². The molecule has 162 valence electrons. The molecular formula is C26H26FN5. The molecular weight excluding hydrogens is 401 g/mol. The van der Waals surface area contributed by atoms with Crippen LogP contribution in [0.3, 0.4) is 0 Å². The van der Waals surface area contributed by atoms with Gasteiger partial charge >= 0.3 is 0 Å². The lowest BCUT2D eigenvalue weighted by Crippen LogP contribution is -2.53. The zero-order chi connectivity index (χ0) is 21.9. The SMILES string of the molecule is Cc1nc(N2CCC3(CC2)Cc2ccccc2N3C)c2ccnn2c1-c1ccccc1F. The average molecular weight is 428 g/mol. The summed E-state index contributed by atoms with van der Waals surface area (Å²) >= 11 is 0. The molecule has 1 fully saturated rings. The summed E-state index contributed by atoms with van der Waals surface area (Å²) < 4.78 is 16.4. The van der Waals surface area contributed by atoms with Crippen LogP contribution in [0.2, 0.25) is 0 Å². The highest BCUT2D eigenvalue weighted by Crippen LogP contribution is 2.44. The second-order valence-corrected chi connectivity index (χ2v) is 9.05. The Kier molecular flexibility index (Phi) is 4.25. The van der Waals surface area contributed by atoms with Crippen molar-refractivity contribution in [1.82, 2.24) is 14.6 Å². The molecule has 6 heteroatoms. The van der Waals surface area contributed by atoms with Crippen molar-refractivity contribution in [2.75, 3.05) is 29.9 Å². The molecule has 1 spiro atoms. The molecule has 2 aromatic heterocycles. The number of para-hydroxylation sites is 1. The number of aromatic nitrogens is 3. The fourth-order valence-corrected chi connectivity index (χ4v) is 5.63. The molecule has 0 radical (unpaired) electrons. The summed E-state index contributed by atoms with van der Waals surface area (Å²) in [6.45, 7) is 3.81. The van der Waals surface area contributed by atoms with Gasteiger partial charge in [0.15, 0.2) is 5.82 Å². The minimum absolute atomic E-state index is 0.179. The van der Waals surface area contributed by atoms with Crippen molar-refractivity contribution in [3.63, 3.8) is 0 Å². The largest absolute Gasteiger partial charge is 0.368 e. The number of benzene rings is 2. The highest BCUT2D eigenvalue weighted by Gasteiger charge is 2.44. The van der Waals surface area contributed by atoms with Gasteiger partial charge in [0.1, 0.15) is 11.3 Å². The third-order valence-electron chi connectivity index (χ3n) is 7.41. The van der Waals surface area contributed by atoms with Crippen LogP contribution < -0.4 is 9.80 Å². The summed E-state index contributed by atoms with van der Waals surface area (Å²) in [6.07, 6.45) is 5.04. The van der Waals surface area contributed by atoms with Gasteiger partial charge in [-0.25, -0.2) is 13.9 Å². The number of fused-ring (bicyclic) bond motifs is 2. The zero-order valence-electron chi connectivity index (χ0n) is 18.4. The molecule has 4 aromatic rings. The molecule has 0 atom stereocenters. The van der Waals surface area contributed by atoms with Gasteiger partial charge in [-0.1, -0.05) is 30.3 Å². The molecule has 2 aromatic carbocycles. The molecule has 6 rings (SSSR count). The summed E-state index contributed by atoms with van der Waals surface area (Å²) in [6, 6.07) is 17.6. The van der Waals surface area contributed by atoms with E-state index in [1.54, 1.807) is 18.3 Å². The van der Waals surface area contributed by atoms with E-state index < -0.39 is 0 Å². The van der Waals surface area contributed by atoms with Crippen molar-refractivity contribution in [3.05, 3.63) is 77.9 Å². The average Bonchev–Trinajstić information content (AvgIpc) is 3.39. The van der Waals surface area contributed by atoms with Gasteiger partial charge < -0.3 is 9.80 Å². The summed E-state index contributed by atoms with van der Waals surface area (Å²) in [4.78, 5) is 9.84. The van der Waals surface area contributed by atoms with Gasteiger partial charge in [0.25, 0.3) is 0 Å². The van der Waals surface area contributed by atoms with E-state index in [1.807, 2.05) is 23.6 Å². The number of aryl methyl sites for hydroxylation is 1. The fraction of sp³-hybridized carbons (Fsp3) is 0.308. The Morgan fingerprint density at radius 3 is 2.50 bits per heavy atom. The molecule has 0 aliphatic carbocycles. The fourth-order valence-electron chi connectivity index (χ4n) is 5.63. The number of hydrogen-bond acceptors (Lipinski definition) is 4. The Morgan fingerprint density at radius 2 is 1.72 bits per heavy atom. The normalized spacial score (nSPS) is 17.3. The van der Waals surface area contributed by atoms with Crippen LogP contribution >= 0.6 is 0 Å². The molecule has 1 saturated heterocycles. The third-order valence-corrected chi connectivity index (χ3v) is 7.41. The van der Waals surface area contributed by atoms with Crippen molar-refractivity contribution >= 4 is 17.0 Å². The van der Waals surface area contributed by atoms with Crippen molar-refractivity contribution in [2.24, 2.45) is 0 Å². The number of anilines is 2. The van der Waals surface area contributed by atoms with E-state index in [0.29, 0.717) is 11.3 Å². The first-order chi connectivity index (χ1) is 15.6. The van der Waals surface area contributed by atoms with Crippen LogP contribution in [-0.4, -0.2) is 40.3 Å². The first-order valence-electron chi connectivity index (χ1n) is 11.2. The third kappa shape index (κ3) is 2.75. The van der Waals surface area contributed by atoms with Gasteiger partial charge in [-0.05, 0) is 56.0 Å². The Bertz CT molecular complexity index is 1320. The Balaban J connectivity index is 1.34. The van der Waals surface area contributed by atoms with Crippen LogP contribution in [0.25, 0.3) is 16.8 Å². The number of likely N-dealkylation sites (N-methyl/N-ethyl adjacent to an activating group) is 1. The minimum atomic E-state index is -0.259. The zero-order valence-corrected chi connectivity index (χ0v) is 18.4. The summed E-state index contributed by atoms with van der Waals surface area (Å²) in [5, 5.41) is 4.54. The van der Waals surface area contributed by atoms with E-state index in [-0.39, 0.29) is 11.4 Å². The van der Waals surface area contributed by atoms with Gasteiger partial charge in [0.05, 0.1) is 17.6 Å². The topological polar surface area (TPSA) is 36.7 Å². The molecule has 0 saturated carbocycles. The van der Waals surface area contributed by atoms with Gasteiger partial charge in [-0.2, -0.15) is 5.10 Å². The van der Waals surface area contributed by atoms with Gasteiger partial charge in [-0.3, -0.25) is 0 Å². The molecule has 0 unspecified atom stereocenters. The number of hydrogen-bond donors (Lipinski definition) is 0. The van der Waals surface area contributed by atoms with Crippen LogP contribution in [0.5, 0.6) is 0 Å². The Labute approximate surface area is 187 Å². The van der Waals surface area contributed by atoms with Crippen molar-refractivity contribution in [3.8, 4) is 11.3 Å². The van der Waals surface area contributed by atoms with E-state index in [9.17, 15) is 4.39 Å². The summed E-state index contributed by atoms with van der Waals surface area (Å²) in [7, 11) is 2.24. The second-order valence-electron chi connectivity index (χ2n) is 9.05. The van der Waals surface area contributed by atoms with Crippen molar-refractivity contribution in [2.45, 2.75) is 31.7 Å². The first-order valence-corrected chi connectivity index (χ1v) is 11.2. The number of rotatable bonds is 2. The van der Waals surface area contributed by atoms with Crippen molar-refractivity contribution in [1.29, 1.82) is 0 Å². The molecule has 4 heterocycles. The smallest absolute Gasteiger partial charge is 0.155 e. The molecule has 0 amide bonds. The number of nitrogens with zero attached hydrogens (tertiary/aromatic N) is 5. The minimum Gasteiger partial charge on any atom is -0.368 e. The lowest BCUT2D eigenvalue weighted by molar-refractivity contribution is 0.332. The maximum absolute atomic E-state index is 14.6. The lowest BCUT2D eigenvalue weighted by Gasteiger charge is -2.45. The van der Waals surface area contributed by atoms with Gasteiger partial charge in [0.2, 0.25) is 0 Å². The molecule has 0 N–H and O–H groups in total. The second kappa shape index (κ2) is 7.05. The number of piperidine rings is 1. The monoisotopic (exact) mass is 427 g/mol. The highest BCUT2D eigenvalue weighted by molar-refractivity contribution is 5.76. The van der Waals surface area contributed by atoms with E-state index in [2.05, 4.69) is 46.2 Å². The molecule has 2 aliphatic heterocycles. The quantitative estimate of drug-likeness (QED) is 0.457. The first kappa shape index (κ1) is 19.3. The van der Waals surface area contributed by atoms with E-state index in [0.717, 1.165) is 49.4 Å². The summed E-state index contributed by atoms with van der Waals surface area (Å²) in [5.74, 6) is 0.679.